The molecule has 2 N–H and O–H groups in total. The second-order valence-electron chi connectivity index (χ2n) is 5.24. The Morgan fingerprint density at radius 1 is 1.28 bits per heavy atom. The molecule has 0 bridgehead atoms. The van der Waals surface area contributed by atoms with Crippen molar-refractivity contribution in [2.75, 3.05) is 18.0 Å². The predicted octanol–water partition coefficient (Wildman–Crippen LogP) is 3.43. The van der Waals surface area contributed by atoms with Crippen molar-refractivity contribution in [2.24, 2.45) is 5.73 Å². The van der Waals surface area contributed by atoms with Crippen LogP contribution in [0.4, 0.5) is 5.69 Å². The minimum Gasteiger partial charge on any atom is -0.369 e. The molecule has 3 heteroatoms. The molecule has 0 saturated carbocycles. The van der Waals surface area contributed by atoms with E-state index in [1.165, 1.54) is 11.3 Å². The second-order valence-corrected chi connectivity index (χ2v) is 7.12. The lowest BCUT2D eigenvalue weighted by Gasteiger charge is -2.37. The van der Waals surface area contributed by atoms with Gasteiger partial charge >= 0.3 is 0 Å². The molecule has 0 aromatic heterocycles. The zero-order valence-electron chi connectivity index (χ0n) is 11.6. The van der Waals surface area contributed by atoms with E-state index in [-0.39, 0.29) is 6.04 Å². The molecule has 0 radical (unpaired) electrons. The fourth-order valence-electron chi connectivity index (χ4n) is 2.68. The van der Waals surface area contributed by atoms with E-state index in [1.54, 1.807) is 0 Å². The van der Waals surface area contributed by atoms with E-state index < -0.39 is 0 Å². The highest BCUT2D eigenvalue weighted by Gasteiger charge is 2.24. The lowest BCUT2D eigenvalue weighted by molar-refractivity contribution is 0.677. The van der Waals surface area contributed by atoms with Crippen molar-refractivity contribution >= 4 is 17.4 Å². The summed E-state index contributed by atoms with van der Waals surface area (Å²) in [6.07, 6.45) is 0.991. The van der Waals surface area contributed by atoms with Crippen LogP contribution in [0.25, 0.3) is 0 Å². The maximum Gasteiger partial charge on any atom is 0.0415 e. The maximum atomic E-state index is 6.24. The van der Waals surface area contributed by atoms with Gasteiger partial charge in [-0.05, 0) is 18.1 Å². The fourth-order valence-corrected chi connectivity index (χ4v) is 4.01. The van der Waals surface area contributed by atoms with E-state index in [0.29, 0.717) is 10.5 Å². The zero-order chi connectivity index (χ0) is 13.1. The van der Waals surface area contributed by atoms with Crippen LogP contribution in [0.3, 0.4) is 0 Å². The van der Waals surface area contributed by atoms with Crippen LogP contribution in [0.2, 0.25) is 0 Å². The summed E-state index contributed by atoms with van der Waals surface area (Å²) in [6.45, 7) is 9.04. The van der Waals surface area contributed by atoms with Gasteiger partial charge in [-0.25, -0.2) is 0 Å². The molecule has 2 nitrogen and oxygen atoms in total. The standard InChI is InChI=1S/C15H24N2S/c1-4-14(16)13-7-5-6-8-15(13)17-9-11(2)18-12(3)10-17/h5-8,11-12,14H,4,9-10,16H2,1-3H3. The Morgan fingerprint density at radius 2 is 1.89 bits per heavy atom. The molecule has 0 spiro atoms. The molecule has 1 heterocycles. The maximum absolute atomic E-state index is 6.24. The number of para-hydroxylation sites is 1. The minimum atomic E-state index is 0.154. The molecule has 0 aliphatic carbocycles. The molecular formula is C15H24N2S. The summed E-state index contributed by atoms with van der Waals surface area (Å²) in [5, 5.41) is 1.39. The van der Waals surface area contributed by atoms with E-state index in [9.17, 15) is 0 Å². The lowest BCUT2D eigenvalue weighted by atomic mass is 10.0. The largest absolute Gasteiger partial charge is 0.369 e. The highest BCUT2D eigenvalue weighted by atomic mass is 32.2. The Bertz CT molecular complexity index is 384. The molecule has 1 aromatic rings. The first kappa shape index (κ1) is 13.8. The fraction of sp³-hybridized carbons (Fsp3) is 0.600. The quantitative estimate of drug-likeness (QED) is 0.907. The average Bonchev–Trinajstić information content (AvgIpc) is 2.36. The molecule has 1 saturated heterocycles. The second kappa shape index (κ2) is 5.98. The van der Waals surface area contributed by atoms with Gasteiger partial charge < -0.3 is 10.6 Å². The van der Waals surface area contributed by atoms with Gasteiger partial charge in [0.15, 0.2) is 0 Å². The molecule has 100 valence electrons. The van der Waals surface area contributed by atoms with Gasteiger partial charge in [0.1, 0.15) is 0 Å². The van der Waals surface area contributed by atoms with Gasteiger partial charge in [0.2, 0.25) is 0 Å². The minimum absolute atomic E-state index is 0.154. The van der Waals surface area contributed by atoms with Crippen LogP contribution in [0.15, 0.2) is 24.3 Å². The predicted molar refractivity (Wildman–Crippen MR) is 82.4 cm³/mol. The number of hydrogen-bond donors (Lipinski definition) is 1. The van der Waals surface area contributed by atoms with Crippen molar-refractivity contribution in [3.8, 4) is 0 Å². The third-order valence-corrected chi connectivity index (χ3v) is 4.76. The van der Waals surface area contributed by atoms with Gasteiger partial charge in [-0.1, -0.05) is 39.0 Å². The van der Waals surface area contributed by atoms with Gasteiger partial charge in [0.05, 0.1) is 0 Å². The van der Waals surface area contributed by atoms with Crippen LogP contribution in [0.1, 0.15) is 38.8 Å². The smallest absolute Gasteiger partial charge is 0.0415 e. The molecule has 3 atom stereocenters. The third-order valence-electron chi connectivity index (χ3n) is 3.54. The normalized spacial score (nSPS) is 26.1. The molecule has 1 aliphatic heterocycles. The van der Waals surface area contributed by atoms with E-state index in [1.807, 2.05) is 0 Å². The van der Waals surface area contributed by atoms with Crippen molar-refractivity contribution in [3.63, 3.8) is 0 Å². The van der Waals surface area contributed by atoms with Gasteiger partial charge in [-0.15, -0.1) is 0 Å². The zero-order valence-corrected chi connectivity index (χ0v) is 12.4. The monoisotopic (exact) mass is 264 g/mol. The number of hydrogen-bond acceptors (Lipinski definition) is 3. The van der Waals surface area contributed by atoms with E-state index in [2.05, 4.69) is 61.7 Å². The van der Waals surface area contributed by atoms with Crippen LogP contribution in [-0.2, 0) is 0 Å². The van der Waals surface area contributed by atoms with Crippen LogP contribution in [-0.4, -0.2) is 23.6 Å². The molecule has 1 fully saturated rings. The molecule has 1 aliphatic rings. The summed E-state index contributed by atoms with van der Waals surface area (Å²) >= 11 is 2.09. The summed E-state index contributed by atoms with van der Waals surface area (Å²) in [5.74, 6) is 0. The summed E-state index contributed by atoms with van der Waals surface area (Å²) in [7, 11) is 0. The number of nitrogens with two attached hydrogens (primary N) is 1. The SMILES string of the molecule is CCC(N)c1ccccc1N1CC(C)SC(C)C1. The summed E-state index contributed by atoms with van der Waals surface area (Å²) in [6, 6.07) is 8.78. The van der Waals surface area contributed by atoms with E-state index in [4.69, 9.17) is 5.73 Å². The van der Waals surface area contributed by atoms with Crippen LogP contribution >= 0.6 is 11.8 Å². The first-order valence-corrected chi connectivity index (χ1v) is 7.81. The van der Waals surface area contributed by atoms with E-state index in [0.717, 1.165) is 19.5 Å². The Morgan fingerprint density at radius 3 is 2.50 bits per heavy atom. The van der Waals surface area contributed by atoms with Crippen molar-refractivity contribution in [1.82, 2.24) is 0 Å². The first-order valence-electron chi connectivity index (χ1n) is 6.86. The van der Waals surface area contributed by atoms with Crippen molar-refractivity contribution in [3.05, 3.63) is 29.8 Å². The number of rotatable bonds is 3. The molecule has 0 amide bonds. The van der Waals surface area contributed by atoms with Crippen molar-refractivity contribution in [2.45, 2.75) is 43.7 Å². The van der Waals surface area contributed by atoms with Crippen LogP contribution in [0, 0.1) is 0 Å². The van der Waals surface area contributed by atoms with E-state index >= 15 is 0 Å². The molecule has 3 unspecified atom stereocenters. The van der Waals surface area contributed by atoms with Gasteiger partial charge in [-0.2, -0.15) is 11.8 Å². The van der Waals surface area contributed by atoms with Crippen LogP contribution < -0.4 is 10.6 Å². The first-order chi connectivity index (χ1) is 8.61. The average molecular weight is 264 g/mol. The highest BCUT2D eigenvalue weighted by molar-refractivity contribution is 8.00. The Hall–Kier alpha value is -0.670. The summed E-state index contributed by atoms with van der Waals surface area (Å²) < 4.78 is 0. The highest BCUT2D eigenvalue weighted by Crippen LogP contribution is 2.32. The molecule has 2 rings (SSSR count). The Kier molecular flexibility index (Phi) is 4.57. The van der Waals surface area contributed by atoms with Gasteiger partial charge in [0, 0.05) is 35.3 Å². The summed E-state index contributed by atoms with van der Waals surface area (Å²) in [4.78, 5) is 2.51. The molecular weight excluding hydrogens is 240 g/mol. The molecule has 1 aromatic carbocycles. The van der Waals surface area contributed by atoms with Crippen LogP contribution in [0.5, 0.6) is 0 Å². The van der Waals surface area contributed by atoms with Gasteiger partial charge in [-0.3, -0.25) is 0 Å². The Labute approximate surface area is 115 Å². The number of thioether (sulfide) groups is 1. The number of anilines is 1. The lowest BCUT2D eigenvalue weighted by Crippen LogP contribution is -2.41. The third kappa shape index (κ3) is 3.01. The number of nitrogens with zero attached hydrogens (tertiary/aromatic N) is 1. The number of benzene rings is 1. The Balaban J connectivity index is 2.26. The van der Waals surface area contributed by atoms with Crippen molar-refractivity contribution < 1.29 is 0 Å². The summed E-state index contributed by atoms with van der Waals surface area (Å²) in [5.41, 5.74) is 8.88. The molecule has 18 heavy (non-hydrogen) atoms. The van der Waals surface area contributed by atoms with Crippen molar-refractivity contribution in [1.29, 1.82) is 0 Å². The topological polar surface area (TPSA) is 29.3 Å². The van der Waals surface area contributed by atoms with Gasteiger partial charge in [0.25, 0.3) is 0 Å².